The van der Waals surface area contributed by atoms with Crippen LogP contribution in [0.25, 0.3) is 0 Å². The van der Waals surface area contributed by atoms with E-state index in [2.05, 4.69) is 9.46 Å². The van der Waals surface area contributed by atoms with Crippen LogP contribution in [0.3, 0.4) is 0 Å². The van der Waals surface area contributed by atoms with Crippen LogP contribution in [0.5, 0.6) is 5.75 Å². The van der Waals surface area contributed by atoms with Gasteiger partial charge in [-0.2, -0.15) is 8.78 Å². The zero-order valence-electron chi connectivity index (χ0n) is 10.9. The fraction of sp³-hybridized carbons (Fsp3) is 0.500. The van der Waals surface area contributed by atoms with Gasteiger partial charge in [0.05, 0.1) is 5.25 Å². The molecule has 1 unspecified atom stereocenters. The Bertz CT molecular complexity index is 517. The van der Waals surface area contributed by atoms with Crippen molar-refractivity contribution in [2.45, 2.75) is 38.7 Å². The average molecular weight is 293 g/mol. The molecule has 1 N–H and O–H groups in total. The van der Waals surface area contributed by atoms with Crippen LogP contribution >= 0.6 is 0 Å². The van der Waals surface area contributed by atoms with Gasteiger partial charge in [0.15, 0.2) is 0 Å². The smallest absolute Gasteiger partial charge is 0.387 e. The van der Waals surface area contributed by atoms with Gasteiger partial charge in [-0.15, -0.1) is 0 Å². The van der Waals surface area contributed by atoms with Crippen molar-refractivity contribution in [2.75, 3.05) is 0 Å². The Labute approximate surface area is 111 Å². The number of para-hydroxylation sites is 1. The molecule has 0 heterocycles. The van der Waals surface area contributed by atoms with E-state index in [1.165, 1.54) is 19.9 Å². The molecule has 1 atom stereocenters. The molecule has 108 valence electrons. The summed E-state index contributed by atoms with van der Waals surface area (Å²) in [5.41, 5.74) is 0.368. The molecule has 4 nitrogen and oxygen atoms in total. The molecule has 0 aliphatic carbocycles. The normalized spacial score (nSPS) is 13.8. The Kier molecular flexibility index (Phi) is 5.25. The molecule has 0 bridgehead atoms. The summed E-state index contributed by atoms with van der Waals surface area (Å²) in [6.07, 6.45) is 0. The number of nitrogens with one attached hydrogen (secondary N) is 1. The summed E-state index contributed by atoms with van der Waals surface area (Å²) < 4.78 is 54.8. The number of halogens is 2. The lowest BCUT2D eigenvalue weighted by Crippen LogP contribution is -2.33. The van der Waals surface area contributed by atoms with Gasteiger partial charge in [-0.1, -0.05) is 18.2 Å². The van der Waals surface area contributed by atoms with E-state index in [0.717, 1.165) is 0 Å². The number of sulfonamides is 1. The maximum Gasteiger partial charge on any atom is 0.387 e. The zero-order valence-corrected chi connectivity index (χ0v) is 11.7. The van der Waals surface area contributed by atoms with Crippen molar-refractivity contribution in [1.82, 2.24) is 4.72 Å². The minimum absolute atomic E-state index is 0.0311. The molecule has 0 aliphatic heterocycles. The van der Waals surface area contributed by atoms with Crippen molar-refractivity contribution in [2.24, 2.45) is 0 Å². The molecule has 0 aliphatic rings. The van der Waals surface area contributed by atoms with Crippen LogP contribution in [0.2, 0.25) is 0 Å². The van der Waals surface area contributed by atoms with Gasteiger partial charge in [-0.25, -0.2) is 13.1 Å². The van der Waals surface area contributed by atoms with Gasteiger partial charge in [-0.05, 0) is 26.8 Å². The van der Waals surface area contributed by atoms with E-state index in [4.69, 9.17) is 0 Å². The Morgan fingerprint density at radius 2 is 1.74 bits per heavy atom. The molecule has 0 amide bonds. The molecule has 19 heavy (non-hydrogen) atoms. The Hall–Kier alpha value is -1.21. The molecule has 0 saturated carbocycles. The van der Waals surface area contributed by atoms with Gasteiger partial charge in [-0.3, -0.25) is 0 Å². The maximum atomic E-state index is 12.3. The van der Waals surface area contributed by atoms with Crippen molar-refractivity contribution in [3.05, 3.63) is 29.8 Å². The van der Waals surface area contributed by atoms with E-state index in [1.54, 1.807) is 25.1 Å². The van der Waals surface area contributed by atoms with E-state index < -0.39 is 27.9 Å². The van der Waals surface area contributed by atoms with Gasteiger partial charge in [0.2, 0.25) is 10.0 Å². The maximum absolute atomic E-state index is 12.3. The number of benzene rings is 1. The van der Waals surface area contributed by atoms with Crippen molar-refractivity contribution in [3.8, 4) is 5.75 Å². The highest BCUT2D eigenvalue weighted by molar-refractivity contribution is 7.90. The standard InChI is InChI=1S/C12H17F2NO3S/c1-8(2)19(16,17)15-9(3)10-6-4-5-7-11(10)18-12(13)14/h4-9,12,15H,1-3H3. The summed E-state index contributed by atoms with van der Waals surface area (Å²) in [6, 6.07) is 5.45. The quantitative estimate of drug-likeness (QED) is 0.877. The van der Waals surface area contributed by atoms with Crippen LogP contribution in [-0.2, 0) is 10.0 Å². The second-order valence-electron chi connectivity index (χ2n) is 4.35. The fourth-order valence-electron chi connectivity index (χ4n) is 1.49. The predicted octanol–water partition coefficient (Wildman–Crippen LogP) is 2.68. The topological polar surface area (TPSA) is 55.4 Å². The number of hydrogen-bond acceptors (Lipinski definition) is 3. The Balaban J connectivity index is 2.97. The highest BCUT2D eigenvalue weighted by atomic mass is 32.2. The second kappa shape index (κ2) is 6.29. The van der Waals surface area contributed by atoms with Gasteiger partial charge in [0.25, 0.3) is 0 Å². The van der Waals surface area contributed by atoms with E-state index in [1.807, 2.05) is 0 Å². The average Bonchev–Trinajstić information content (AvgIpc) is 2.27. The summed E-state index contributed by atoms with van der Waals surface area (Å²) >= 11 is 0. The summed E-state index contributed by atoms with van der Waals surface area (Å²) in [5, 5.41) is -0.599. The van der Waals surface area contributed by atoms with Gasteiger partial charge in [0, 0.05) is 11.6 Å². The van der Waals surface area contributed by atoms with Gasteiger partial charge >= 0.3 is 6.61 Å². The molecule has 0 saturated heterocycles. The molecular weight excluding hydrogens is 276 g/mol. The number of alkyl halides is 2. The Morgan fingerprint density at radius 3 is 2.26 bits per heavy atom. The molecule has 1 aromatic carbocycles. The van der Waals surface area contributed by atoms with Gasteiger partial charge in [0.1, 0.15) is 5.75 Å². The van der Waals surface area contributed by atoms with Gasteiger partial charge < -0.3 is 4.74 Å². The first-order valence-corrected chi connectivity index (χ1v) is 7.33. The lowest BCUT2D eigenvalue weighted by Gasteiger charge is -2.19. The van der Waals surface area contributed by atoms with E-state index in [-0.39, 0.29) is 5.75 Å². The number of ether oxygens (including phenoxy) is 1. The first-order chi connectivity index (χ1) is 8.74. The molecule has 0 aromatic heterocycles. The molecular formula is C12H17F2NO3S. The van der Waals surface area contributed by atoms with Crippen molar-refractivity contribution in [1.29, 1.82) is 0 Å². The third-order valence-corrected chi connectivity index (χ3v) is 4.49. The first-order valence-electron chi connectivity index (χ1n) is 5.79. The molecule has 1 aromatic rings. The minimum atomic E-state index is -3.48. The van der Waals surface area contributed by atoms with Crippen molar-refractivity contribution < 1.29 is 21.9 Å². The molecule has 0 fully saturated rings. The Morgan fingerprint density at radius 1 is 1.16 bits per heavy atom. The predicted molar refractivity (Wildman–Crippen MR) is 68.7 cm³/mol. The molecule has 0 spiro atoms. The van der Waals surface area contributed by atoms with Crippen molar-refractivity contribution in [3.63, 3.8) is 0 Å². The van der Waals surface area contributed by atoms with Crippen LogP contribution in [0.4, 0.5) is 8.78 Å². The monoisotopic (exact) mass is 293 g/mol. The van der Waals surface area contributed by atoms with Crippen LogP contribution in [-0.4, -0.2) is 20.3 Å². The second-order valence-corrected chi connectivity index (χ2v) is 6.62. The SMILES string of the molecule is CC(NS(=O)(=O)C(C)C)c1ccccc1OC(F)F. The lowest BCUT2D eigenvalue weighted by molar-refractivity contribution is -0.0506. The third kappa shape index (κ3) is 4.43. The van der Waals surface area contributed by atoms with E-state index in [0.29, 0.717) is 5.56 Å². The van der Waals surface area contributed by atoms with Crippen LogP contribution in [0.1, 0.15) is 32.4 Å². The highest BCUT2D eigenvalue weighted by Crippen LogP contribution is 2.27. The molecule has 1 rings (SSSR count). The minimum Gasteiger partial charge on any atom is -0.434 e. The first kappa shape index (κ1) is 15.8. The zero-order chi connectivity index (χ0) is 14.6. The van der Waals surface area contributed by atoms with E-state index in [9.17, 15) is 17.2 Å². The van der Waals surface area contributed by atoms with Crippen molar-refractivity contribution >= 4 is 10.0 Å². The summed E-state index contributed by atoms with van der Waals surface area (Å²) in [5.74, 6) is -0.0311. The molecule has 0 radical (unpaired) electrons. The third-order valence-electron chi connectivity index (χ3n) is 2.56. The summed E-state index contributed by atoms with van der Waals surface area (Å²) in [7, 11) is -3.48. The largest absolute Gasteiger partial charge is 0.434 e. The highest BCUT2D eigenvalue weighted by Gasteiger charge is 2.22. The summed E-state index contributed by atoms with van der Waals surface area (Å²) in [4.78, 5) is 0. The van der Waals surface area contributed by atoms with E-state index >= 15 is 0 Å². The molecule has 7 heteroatoms. The fourth-order valence-corrected chi connectivity index (χ4v) is 2.38. The number of rotatable bonds is 6. The van der Waals surface area contributed by atoms with Crippen LogP contribution in [0.15, 0.2) is 24.3 Å². The van der Waals surface area contributed by atoms with Crippen LogP contribution in [0, 0.1) is 0 Å². The number of hydrogen-bond donors (Lipinski definition) is 1. The summed E-state index contributed by atoms with van der Waals surface area (Å²) in [6.45, 7) is 1.70. The lowest BCUT2D eigenvalue weighted by atomic mass is 10.1. The van der Waals surface area contributed by atoms with Crippen LogP contribution < -0.4 is 9.46 Å².